The molecule has 1 N–H and O–H groups in total. The first-order valence-corrected chi connectivity index (χ1v) is 9.29. The van der Waals surface area contributed by atoms with Gasteiger partial charge in [-0.15, -0.1) is 0 Å². The maximum Gasteiger partial charge on any atom is 0.455 e. The molecular formula is C23H12F5NO4. The van der Waals surface area contributed by atoms with Crippen LogP contribution in [-0.2, 0) is 0 Å². The van der Waals surface area contributed by atoms with Gasteiger partial charge in [0.15, 0.2) is 5.56 Å². The Morgan fingerprint density at radius 2 is 1.30 bits per heavy atom. The zero-order valence-electron chi connectivity index (χ0n) is 16.4. The molecule has 168 valence electrons. The second kappa shape index (κ2) is 8.05. The van der Waals surface area contributed by atoms with Crippen molar-refractivity contribution in [1.29, 1.82) is 0 Å². The fraction of sp³-hybridized carbons (Fsp3) is 0.0435. The minimum Gasteiger partial charge on any atom is -0.506 e. The summed E-state index contributed by atoms with van der Waals surface area (Å²) in [6.45, 7) is 0. The fourth-order valence-corrected chi connectivity index (χ4v) is 3.28. The largest absolute Gasteiger partial charge is 0.506 e. The van der Waals surface area contributed by atoms with E-state index in [1.165, 1.54) is 65.6 Å². The van der Waals surface area contributed by atoms with E-state index in [1.54, 1.807) is 0 Å². The molecule has 0 atom stereocenters. The summed E-state index contributed by atoms with van der Waals surface area (Å²) in [5.74, 6) is -4.70. The number of anilines is 3. The number of carbonyl (C=O) groups excluding carboxylic acids is 1. The van der Waals surface area contributed by atoms with Crippen molar-refractivity contribution in [2.75, 3.05) is 4.90 Å². The van der Waals surface area contributed by atoms with Crippen LogP contribution in [0.25, 0.3) is 11.0 Å². The number of nitrogens with zero attached hydrogens (tertiary/aromatic N) is 1. The Hall–Kier alpha value is -4.21. The minimum atomic E-state index is -5.39. The average molecular weight is 461 g/mol. The van der Waals surface area contributed by atoms with E-state index in [9.17, 15) is 36.6 Å². The molecule has 0 bridgehead atoms. The Labute approximate surface area is 181 Å². The summed E-state index contributed by atoms with van der Waals surface area (Å²) in [6, 6.07) is 14.3. The van der Waals surface area contributed by atoms with Crippen LogP contribution in [0.2, 0.25) is 0 Å². The third kappa shape index (κ3) is 4.14. The predicted molar refractivity (Wildman–Crippen MR) is 109 cm³/mol. The van der Waals surface area contributed by atoms with Crippen molar-refractivity contribution < 1.29 is 36.3 Å². The first-order valence-electron chi connectivity index (χ1n) is 9.29. The Morgan fingerprint density at radius 1 is 0.818 bits per heavy atom. The Morgan fingerprint density at radius 3 is 1.79 bits per heavy atom. The second-order valence-electron chi connectivity index (χ2n) is 6.91. The summed E-state index contributed by atoms with van der Waals surface area (Å²) in [4.78, 5) is 25.2. The van der Waals surface area contributed by atoms with E-state index in [-0.39, 0.29) is 16.7 Å². The SMILES string of the molecule is O=C(c1c(O)c2ccc(N(c3ccc(F)cc3)c3ccc(F)cc3)cc2oc1=O)C(F)(F)F. The Kier molecular flexibility index (Phi) is 5.36. The number of halogens is 5. The summed E-state index contributed by atoms with van der Waals surface area (Å²) < 4.78 is 70.2. The van der Waals surface area contributed by atoms with Gasteiger partial charge in [0.1, 0.15) is 23.0 Å². The second-order valence-corrected chi connectivity index (χ2v) is 6.91. The Bertz CT molecular complexity index is 1370. The summed E-state index contributed by atoms with van der Waals surface area (Å²) >= 11 is 0. The highest BCUT2D eigenvalue weighted by atomic mass is 19.4. The average Bonchev–Trinajstić information content (AvgIpc) is 2.75. The molecule has 33 heavy (non-hydrogen) atoms. The Balaban J connectivity index is 1.90. The number of Topliss-reactive ketones (excluding diaryl/α,β-unsaturated/α-hetero) is 1. The standard InChI is InChI=1S/C23H12F5NO4/c24-12-1-5-14(6-2-12)29(15-7-3-13(25)4-8-15)16-9-10-17-18(11-16)33-22(32)19(20(17)30)21(31)23(26,27)28/h1-11,30H. The smallest absolute Gasteiger partial charge is 0.455 e. The summed E-state index contributed by atoms with van der Waals surface area (Å²) in [7, 11) is 0. The van der Waals surface area contributed by atoms with E-state index in [4.69, 9.17) is 4.42 Å². The maximum absolute atomic E-state index is 13.4. The van der Waals surface area contributed by atoms with Gasteiger partial charge in [-0.05, 0) is 60.7 Å². The van der Waals surface area contributed by atoms with E-state index in [2.05, 4.69) is 0 Å². The molecule has 0 spiro atoms. The summed E-state index contributed by atoms with van der Waals surface area (Å²) in [5.41, 5.74) is -2.33. The number of hydrogen-bond donors (Lipinski definition) is 1. The van der Waals surface area contributed by atoms with Gasteiger partial charge in [0.2, 0.25) is 0 Å². The lowest BCUT2D eigenvalue weighted by molar-refractivity contribution is -0.0888. The van der Waals surface area contributed by atoms with Gasteiger partial charge >= 0.3 is 11.8 Å². The number of hydrogen-bond acceptors (Lipinski definition) is 5. The van der Waals surface area contributed by atoms with Crippen LogP contribution in [0.1, 0.15) is 10.4 Å². The molecule has 0 fully saturated rings. The molecule has 4 aromatic rings. The van der Waals surface area contributed by atoms with E-state index in [0.717, 1.165) is 6.07 Å². The third-order valence-corrected chi connectivity index (χ3v) is 4.78. The van der Waals surface area contributed by atoms with Gasteiger partial charge in [-0.3, -0.25) is 4.79 Å². The van der Waals surface area contributed by atoms with Crippen LogP contribution in [0.3, 0.4) is 0 Å². The monoisotopic (exact) mass is 461 g/mol. The van der Waals surface area contributed by atoms with Crippen LogP contribution in [0.15, 0.2) is 75.9 Å². The highest BCUT2D eigenvalue weighted by Gasteiger charge is 2.43. The molecule has 0 aliphatic heterocycles. The lowest BCUT2D eigenvalue weighted by atomic mass is 10.1. The highest BCUT2D eigenvalue weighted by Crippen LogP contribution is 2.38. The van der Waals surface area contributed by atoms with Gasteiger partial charge < -0.3 is 14.4 Å². The number of rotatable bonds is 4. The first-order chi connectivity index (χ1) is 15.6. The number of ketones is 1. The van der Waals surface area contributed by atoms with Crippen LogP contribution >= 0.6 is 0 Å². The molecule has 0 aliphatic carbocycles. The van der Waals surface area contributed by atoms with Crippen molar-refractivity contribution in [2.45, 2.75) is 6.18 Å². The number of aromatic hydroxyl groups is 1. The molecule has 5 nitrogen and oxygen atoms in total. The zero-order chi connectivity index (χ0) is 23.9. The number of fused-ring (bicyclic) bond motifs is 1. The number of benzene rings is 3. The molecule has 0 saturated heterocycles. The highest BCUT2D eigenvalue weighted by molar-refractivity contribution is 6.06. The van der Waals surface area contributed by atoms with Crippen LogP contribution < -0.4 is 10.5 Å². The maximum atomic E-state index is 13.4. The van der Waals surface area contributed by atoms with Crippen LogP contribution in [0.4, 0.5) is 39.0 Å². The van der Waals surface area contributed by atoms with Crippen molar-refractivity contribution in [3.8, 4) is 5.75 Å². The van der Waals surface area contributed by atoms with E-state index < -0.39 is 40.5 Å². The first kappa shape index (κ1) is 22.0. The normalized spacial score (nSPS) is 11.5. The van der Waals surface area contributed by atoms with Crippen molar-refractivity contribution in [3.63, 3.8) is 0 Å². The van der Waals surface area contributed by atoms with Crippen molar-refractivity contribution in [1.82, 2.24) is 0 Å². The summed E-state index contributed by atoms with van der Waals surface area (Å²) in [6.07, 6.45) is -5.39. The molecule has 0 radical (unpaired) electrons. The van der Waals surface area contributed by atoms with Gasteiger partial charge in [-0.2, -0.15) is 13.2 Å². The third-order valence-electron chi connectivity index (χ3n) is 4.78. The molecule has 1 aromatic heterocycles. The van der Waals surface area contributed by atoms with Crippen LogP contribution in [0.5, 0.6) is 5.75 Å². The van der Waals surface area contributed by atoms with Crippen molar-refractivity contribution in [3.05, 3.63) is 94.3 Å². The van der Waals surface area contributed by atoms with Crippen molar-refractivity contribution >= 4 is 33.8 Å². The van der Waals surface area contributed by atoms with E-state index in [1.807, 2.05) is 0 Å². The number of alkyl halides is 3. The lowest BCUT2D eigenvalue weighted by Gasteiger charge is -2.25. The fourth-order valence-electron chi connectivity index (χ4n) is 3.28. The zero-order valence-corrected chi connectivity index (χ0v) is 16.4. The van der Waals surface area contributed by atoms with Crippen LogP contribution in [0, 0.1) is 11.6 Å². The summed E-state index contributed by atoms with van der Waals surface area (Å²) in [5, 5.41) is 9.91. The quantitative estimate of drug-likeness (QED) is 0.230. The number of carbonyl (C=O) groups is 1. The predicted octanol–water partition coefficient (Wildman–Crippen LogP) is 5.99. The van der Waals surface area contributed by atoms with Gasteiger partial charge in [-0.25, -0.2) is 13.6 Å². The molecule has 0 saturated carbocycles. The molecule has 10 heteroatoms. The van der Waals surface area contributed by atoms with E-state index in [0.29, 0.717) is 11.4 Å². The molecule has 0 amide bonds. The van der Waals surface area contributed by atoms with Crippen molar-refractivity contribution in [2.24, 2.45) is 0 Å². The molecule has 4 rings (SSSR count). The van der Waals surface area contributed by atoms with Crippen LogP contribution in [-0.4, -0.2) is 17.1 Å². The topological polar surface area (TPSA) is 70.8 Å². The van der Waals surface area contributed by atoms with E-state index >= 15 is 0 Å². The van der Waals surface area contributed by atoms with Gasteiger partial charge in [0.25, 0.3) is 5.78 Å². The molecule has 0 unspecified atom stereocenters. The van der Waals surface area contributed by atoms with Gasteiger partial charge in [0.05, 0.1) is 5.39 Å². The molecule has 3 aromatic carbocycles. The molecule has 0 aliphatic rings. The van der Waals surface area contributed by atoms with Gasteiger partial charge in [-0.1, -0.05) is 0 Å². The van der Waals surface area contributed by atoms with Gasteiger partial charge in [0, 0.05) is 23.1 Å². The molecule has 1 heterocycles. The lowest BCUT2D eigenvalue weighted by Crippen LogP contribution is -2.28. The molecular weight excluding hydrogens is 449 g/mol. The minimum absolute atomic E-state index is 0.290.